The van der Waals surface area contributed by atoms with E-state index in [2.05, 4.69) is 5.32 Å². The number of nitrogens with one attached hydrogen (secondary N) is 1. The minimum atomic E-state index is -2.44. The second-order valence-corrected chi connectivity index (χ2v) is 2.91. The number of nitrogens with two attached hydrogens (primary N) is 1. The van der Waals surface area contributed by atoms with Gasteiger partial charge in [-0.15, -0.1) is 0 Å². The first kappa shape index (κ1) is 8.39. The van der Waals surface area contributed by atoms with E-state index < -0.39 is 18.4 Å². The molecule has 3 nitrogen and oxygen atoms in total. The summed E-state index contributed by atoms with van der Waals surface area (Å²) >= 11 is 0. The fraction of sp³-hybridized carbons (Fsp3) is 0.833. The summed E-state index contributed by atoms with van der Waals surface area (Å²) in [6.07, 6.45) is -2.84. The van der Waals surface area contributed by atoms with Crippen LogP contribution in [0.25, 0.3) is 0 Å². The molecular formula is C6H10F2N2O. The molecule has 1 rings (SSSR count). The molecule has 0 spiro atoms. The lowest BCUT2D eigenvalue weighted by atomic mass is 9.96. The third kappa shape index (κ3) is 2.11. The van der Waals surface area contributed by atoms with E-state index in [0.717, 1.165) is 0 Å². The molecule has 64 valence electrons. The molecule has 1 atom stereocenters. The van der Waals surface area contributed by atoms with Crippen LogP contribution in [0.5, 0.6) is 0 Å². The Balaban J connectivity index is 2.48. The summed E-state index contributed by atoms with van der Waals surface area (Å²) in [4.78, 5) is 10.6. The molecule has 11 heavy (non-hydrogen) atoms. The maximum absolute atomic E-state index is 11.8. The molecule has 1 heterocycles. The highest BCUT2D eigenvalue weighted by atomic mass is 19.3. The lowest BCUT2D eigenvalue weighted by Gasteiger charge is -2.19. The normalized spacial score (nSPS) is 31.1. The SMILES string of the molecule is NC1(CC(F)F)CNC(=O)C1. The Morgan fingerprint density at radius 2 is 2.36 bits per heavy atom. The number of carbonyl (C=O) groups excluding carboxylic acids is 1. The summed E-state index contributed by atoms with van der Waals surface area (Å²) in [7, 11) is 0. The second kappa shape index (κ2) is 2.73. The van der Waals surface area contributed by atoms with Gasteiger partial charge in [-0.2, -0.15) is 0 Å². The van der Waals surface area contributed by atoms with Crippen LogP contribution in [0.3, 0.4) is 0 Å². The summed E-state index contributed by atoms with van der Waals surface area (Å²) < 4.78 is 23.7. The van der Waals surface area contributed by atoms with Gasteiger partial charge in [-0.05, 0) is 0 Å². The van der Waals surface area contributed by atoms with Gasteiger partial charge in [0.25, 0.3) is 0 Å². The number of carbonyl (C=O) groups is 1. The maximum Gasteiger partial charge on any atom is 0.240 e. The molecule has 0 radical (unpaired) electrons. The smallest absolute Gasteiger partial charge is 0.240 e. The van der Waals surface area contributed by atoms with Crippen LogP contribution < -0.4 is 11.1 Å². The monoisotopic (exact) mass is 164 g/mol. The zero-order valence-electron chi connectivity index (χ0n) is 5.94. The van der Waals surface area contributed by atoms with Gasteiger partial charge < -0.3 is 11.1 Å². The van der Waals surface area contributed by atoms with Crippen LogP contribution in [0.2, 0.25) is 0 Å². The molecule has 0 aromatic rings. The summed E-state index contributed by atoms with van der Waals surface area (Å²) in [6, 6.07) is 0. The van der Waals surface area contributed by atoms with Crippen molar-refractivity contribution in [1.29, 1.82) is 0 Å². The Kier molecular flexibility index (Phi) is 2.08. The van der Waals surface area contributed by atoms with E-state index in [9.17, 15) is 13.6 Å². The number of hydrogen-bond acceptors (Lipinski definition) is 2. The first-order valence-electron chi connectivity index (χ1n) is 3.36. The van der Waals surface area contributed by atoms with Crippen molar-refractivity contribution in [3.63, 3.8) is 0 Å². The minimum Gasteiger partial charge on any atom is -0.354 e. The second-order valence-electron chi connectivity index (χ2n) is 2.91. The van der Waals surface area contributed by atoms with Gasteiger partial charge in [-0.1, -0.05) is 0 Å². The lowest BCUT2D eigenvalue weighted by molar-refractivity contribution is -0.119. The van der Waals surface area contributed by atoms with Gasteiger partial charge in [-0.25, -0.2) is 8.78 Å². The number of hydrogen-bond donors (Lipinski definition) is 2. The summed E-state index contributed by atoms with van der Waals surface area (Å²) in [5.74, 6) is -0.242. The van der Waals surface area contributed by atoms with E-state index in [-0.39, 0.29) is 18.9 Å². The molecule has 1 saturated heterocycles. The molecule has 0 aliphatic carbocycles. The standard InChI is InChI=1S/C6H10F2N2O/c7-4(8)1-6(9)2-5(11)10-3-6/h4H,1-3,9H2,(H,10,11). The van der Waals surface area contributed by atoms with Crippen molar-refractivity contribution in [2.75, 3.05) is 6.54 Å². The largest absolute Gasteiger partial charge is 0.354 e. The maximum atomic E-state index is 11.8. The molecule has 1 aliphatic heterocycles. The molecule has 3 N–H and O–H groups in total. The van der Waals surface area contributed by atoms with Crippen LogP contribution in [0.4, 0.5) is 8.78 Å². The molecule has 5 heteroatoms. The summed E-state index contributed by atoms with van der Waals surface area (Å²) in [6.45, 7) is 0.163. The summed E-state index contributed by atoms with van der Waals surface area (Å²) in [5.41, 5.74) is 4.46. The van der Waals surface area contributed by atoms with Crippen LogP contribution in [0, 0.1) is 0 Å². The number of halogens is 2. The first-order valence-corrected chi connectivity index (χ1v) is 3.36. The van der Waals surface area contributed by atoms with Gasteiger partial charge in [0.15, 0.2) is 0 Å². The predicted octanol–water partition coefficient (Wildman–Crippen LogP) is -0.141. The third-order valence-electron chi connectivity index (χ3n) is 1.71. The van der Waals surface area contributed by atoms with E-state index in [1.807, 2.05) is 0 Å². The van der Waals surface area contributed by atoms with E-state index in [1.54, 1.807) is 0 Å². The quantitative estimate of drug-likeness (QED) is 0.596. The van der Waals surface area contributed by atoms with Crippen LogP contribution >= 0.6 is 0 Å². The molecule has 0 aromatic heterocycles. The van der Waals surface area contributed by atoms with Gasteiger partial charge >= 0.3 is 0 Å². The number of alkyl halides is 2. The van der Waals surface area contributed by atoms with Crippen molar-refractivity contribution >= 4 is 5.91 Å². The highest BCUT2D eigenvalue weighted by Crippen LogP contribution is 2.20. The van der Waals surface area contributed by atoms with Crippen molar-refractivity contribution in [3.05, 3.63) is 0 Å². The van der Waals surface area contributed by atoms with E-state index >= 15 is 0 Å². The zero-order valence-corrected chi connectivity index (χ0v) is 5.94. The van der Waals surface area contributed by atoms with Crippen LogP contribution in [0.1, 0.15) is 12.8 Å². The van der Waals surface area contributed by atoms with Crippen molar-refractivity contribution in [2.24, 2.45) is 5.73 Å². The Bertz CT molecular complexity index is 174. The van der Waals surface area contributed by atoms with Gasteiger partial charge in [0.05, 0.1) is 0 Å². The zero-order chi connectivity index (χ0) is 8.48. The van der Waals surface area contributed by atoms with Crippen molar-refractivity contribution < 1.29 is 13.6 Å². The lowest BCUT2D eigenvalue weighted by Crippen LogP contribution is -2.43. The highest BCUT2D eigenvalue weighted by molar-refractivity contribution is 5.80. The number of rotatable bonds is 2. The van der Waals surface area contributed by atoms with E-state index in [1.165, 1.54) is 0 Å². The fourth-order valence-electron chi connectivity index (χ4n) is 1.17. The van der Waals surface area contributed by atoms with Gasteiger partial charge in [-0.3, -0.25) is 4.79 Å². The first-order chi connectivity index (χ1) is 5.02. The molecule has 1 amide bonds. The van der Waals surface area contributed by atoms with Gasteiger partial charge in [0, 0.05) is 24.9 Å². The van der Waals surface area contributed by atoms with Crippen molar-refractivity contribution in [2.45, 2.75) is 24.8 Å². The topological polar surface area (TPSA) is 55.1 Å². The summed E-state index contributed by atoms with van der Waals surface area (Å²) in [5, 5.41) is 2.42. The Morgan fingerprint density at radius 3 is 2.73 bits per heavy atom. The molecule has 0 aromatic carbocycles. The molecule has 1 fully saturated rings. The Morgan fingerprint density at radius 1 is 1.73 bits per heavy atom. The fourth-order valence-corrected chi connectivity index (χ4v) is 1.17. The van der Waals surface area contributed by atoms with Crippen molar-refractivity contribution in [3.8, 4) is 0 Å². The predicted molar refractivity (Wildman–Crippen MR) is 35.2 cm³/mol. The Labute approximate surface area is 62.9 Å². The van der Waals surface area contributed by atoms with Crippen LogP contribution in [-0.2, 0) is 4.79 Å². The highest BCUT2D eigenvalue weighted by Gasteiger charge is 2.36. The molecule has 1 unspecified atom stereocenters. The van der Waals surface area contributed by atoms with E-state index in [0.29, 0.717) is 0 Å². The molecule has 1 aliphatic rings. The van der Waals surface area contributed by atoms with Gasteiger partial charge in [0.1, 0.15) is 0 Å². The molecule has 0 bridgehead atoms. The van der Waals surface area contributed by atoms with E-state index in [4.69, 9.17) is 5.73 Å². The number of amides is 1. The molecular weight excluding hydrogens is 154 g/mol. The minimum absolute atomic E-state index is 0.0112. The molecule has 0 saturated carbocycles. The van der Waals surface area contributed by atoms with Gasteiger partial charge in [0.2, 0.25) is 12.3 Å². The van der Waals surface area contributed by atoms with Crippen LogP contribution in [0.15, 0.2) is 0 Å². The third-order valence-corrected chi connectivity index (χ3v) is 1.71. The Hall–Kier alpha value is -0.710. The van der Waals surface area contributed by atoms with Crippen molar-refractivity contribution in [1.82, 2.24) is 5.32 Å². The van der Waals surface area contributed by atoms with Crippen LogP contribution in [-0.4, -0.2) is 24.4 Å². The average molecular weight is 164 g/mol. The average Bonchev–Trinajstić information content (AvgIpc) is 2.08.